The first-order valence-corrected chi connectivity index (χ1v) is 5.87. The van der Waals surface area contributed by atoms with Crippen molar-refractivity contribution in [1.29, 1.82) is 0 Å². The first-order chi connectivity index (χ1) is 9.48. The van der Waals surface area contributed by atoms with E-state index >= 15 is 0 Å². The molecule has 0 aliphatic heterocycles. The molecule has 0 fully saturated rings. The van der Waals surface area contributed by atoms with Crippen LogP contribution in [0.5, 0.6) is 5.88 Å². The van der Waals surface area contributed by atoms with Crippen LogP contribution in [0, 0.1) is 0 Å². The first-order valence-electron chi connectivity index (χ1n) is 5.87. The maximum Gasteiger partial charge on any atom is 0.389 e. The lowest BCUT2D eigenvalue weighted by molar-refractivity contribution is -0.134. The molecule has 20 heavy (non-hydrogen) atoms. The van der Waals surface area contributed by atoms with Crippen molar-refractivity contribution in [1.82, 2.24) is 15.0 Å². The molecule has 7 heteroatoms. The Kier molecular flexibility index (Phi) is 4.16. The van der Waals surface area contributed by atoms with Gasteiger partial charge in [-0.15, -0.1) is 0 Å². The van der Waals surface area contributed by atoms with Gasteiger partial charge in [0.25, 0.3) is 0 Å². The molecule has 0 saturated heterocycles. The zero-order chi connectivity index (χ0) is 14.6. The average molecular weight is 283 g/mol. The van der Waals surface area contributed by atoms with E-state index < -0.39 is 12.6 Å². The van der Waals surface area contributed by atoms with Gasteiger partial charge in [-0.3, -0.25) is 0 Å². The number of rotatable bonds is 4. The summed E-state index contributed by atoms with van der Waals surface area (Å²) in [4.78, 5) is 12.2. The van der Waals surface area contributed by atoms with Crippen molar-refractivity contribution in [3.63, 3.8) is 0 Å². The molecule has 2 aromatic rings. The summed E-state index contributed by atoms with van der Waals surface area (Å²) in [6.07, 6.45) is -2.29. The van der Waals surface area contributed by atoms with Crippen molar-refractivity contribution < 1.29 is 17.9 Å². The summed E-state index contributed by atoms with van der Waals surface area (Å²) in [6, 6.07) is 4.82. The number of pyridine rings is 1. The van der Waals surface area contributed by atoms with Crippen LogP contribution >= 0.6 is 0 Å². The van der Waals surface area contributed by atoms with Crippen molar-refractivity contribution in [3.8, 4) is 17.3 Å². The quantitative estimate of drug-likeness (QED) is 0.865. The van der Waals surface area contributed by atoms with Gasteiger partial charge in [0.2, 0.25) is 5.88 Å². The van der Waals surface area contributed by atoms with E-state index in [1.807, 2.05) is 0 Å². The molecular formula is C13H12F3N3O. The zero-order valence-corrected chi connectivity index (χ0v) is 10.7. The van der Waals surface area contributed by atoms with Gasteiger partial charge in [0.15, 0.2) is 5.82 Å². The van der Waals surface area contributed by atoms with E-state index in [0.29, 0.717) is 23.0 Å². The van der Waals surface area contributed by atoms with Gasteiger partial charge in [-0.2, -0.15) is 13.2 Å². The van der Waals surface area contributed by atoms with Crippen LogP contribution in [0.2, 0.25) is 0 Å². The molecule has 0 N–H and O–H groups in total. The highest BCUT2D eigenvalue weighted by atomic mass is 19.4. The van der Waals surface area contributed by atoms with E-state index in [-0.39, 0.29) is 6.42 Å². The van der Waals surface area contributed by atoms with E-state index in [2.05, 4.69) is 15.0 Å². The Morgan fingerprint density at radius 2 is 1.95 bits per heavy atom. The maximum absolute atomic E-state index is 12.2. The van der Waals surface area contributed by atoms with E-state index in [0.717, 1.165) is 0 Å². The topological polar surface area (TPSA) is 47.9 Å². The fraction of sp³-hybridized carbons (Fsp3) is 0.308. The molecule has 2 rings (SSSR count). The zero-order valence-electron chi connectivity index (χ0n) is 10.7. The van der Waals surface area contributed by atoms with E-state index in [4.69, 9.17) is 4.74 Å². The van der Waals surface area contributed by atoms with Gasteiger partial charge < -0.3 is 4.74 Å². The Morgan fingerprint density at radius 1 is 1.15 bits per heavy atom. The summed E-state index contributed by atoms with van der Waals surface area (Å²) in [5.41, 5.74) is 0.975. The Bertz CT molecular complexity index is 570. The van der Waals surface area contributed by atoms with Crippen LogP contribution in [-0.2, 0) is 6.42 Å². The second-order valence-electron chi connectivity index (χ2n) is 4.08. The summed E-state index contributed by atoms with van der Waals surface area (Å²) in [7, 11) is 1.50. The predicted octanol–water partition coefficient (Wildman–Crippen LogP) is 3.04. The number of alkyl halides is 3. The molecule has 0 radical (unpaired) electrons. The van der Waals surface area contributed by atoms with Gasteiger partial charge in [0.1, 0.15) is 0 Å². The Morgan fingerprint density at radius 3 is 2.55 bits per heavy atom. The molecule has 2 heterocycles. The lowest BCUT2D eigenvalue weighted by Gasteiger charge is -2.07. The fourth-order valence-corrected chi connectivity index (χ4v) is 1.58. The number of ether oxygens (including phenoxy) is 1. The maximum atomic E-state index is 12.2. The molecule has 0 aliphatic carbocycles. The van der Waals surface area contributed by atoms with Crippen LogP contribution in [0.4, 0.5) is 13.2 Å². The monoisotopic (exact) mass is 283 g/mol. The molecule has 0 saturated carbocycles. The Hall–Kier alpha value is -2.18. The smallest absolute Gasteiger partial charge is 0.389 e. The highest BCUT2D eigenvalue weighted by Crippen LogP contribution is 2.22. The van der Waals surface area contributed by atoms with Gasteiger partial charge in [0.05, 0.1) is 7.11 Å². The molecular weight excluding hydrogens is 271 g/mol. The highest BCUT2D eigenvalue weighted by molar-refractivity contribution is 5.53. The minimum Gasteiger partial charge on any atom is -0.481 e. The molecule has 0 bridgehead atoms. The van der Waals surface area contributed by atoms with Gasteiger partial charge in [-0.05, 0) is 18.6 Å². The molecule has 0 atom stereocenters. The number of hydrogen-bond donors (Lipinski definition) is 0. The fourth-order valence-electron chi connectivity index (χ4n) is 1.58. The van der Waals surface area contributed by atoms with E-state index in [1.54, 1.807) is 12.1 Å². The van der Waals surface area contributed by atoms with Gasteiger partial charge >= 0.3 is 6.18 Å². The molecule has 0 amide bonds. The molecule has 0 aromatic carbocycles. The number of aromatic nitrogens is 3. The SMILES string of the molecule is COc1ccc(-c2nccc(CCC(F)(F)F)n2)cn1. The normalized spacial score (nSPS) is 11.4. The molecule has 0 spiro atoms. The predicted molar refractivity (Wildman–Crippen MR) is 66.2 cm³/mol. The number of aryl methyl sites for hydroxylation is 1. The van der Waals surface area contributed by atoms with Gasteiger partial charge in [-0.25, -0.2) is 15.0 Å². The van der Waals surface area contributed by atoms with Crippen molar-refractivity contribution in [3.05, 3.63) is 36.3 Å². The van der Waals surface area contributed by atoms with Crippen LogP contribution in [0.15, 0.2) is 30.6 Å². The lowest BCUT2D eigenvalue weighted by Crippen LogP contribution is -2.09. The lowest BCUT2D eigenvalue weighted by atomic mass is 10.2. The third-order valence-corrected chi connectivity index (χ3v) is 2.58. The minimum absolute atomic E-state index is 0.164. The van der Waals surface area contributed by atoms with Crippen LogP contribution in [0.3, 0.4) is 0 Å². The summed E-state index contributed by atoms with van der Waals surface area (Å²) >= 11 is 0. The summed E-state index contributed by atoms with van der Waals surface area (Å²) < 4.78 is 41.5. The number of halogens is 3. The number of hydrogen-bond acceptors (Lipinski definition) is 4. The van der Waals surface area contributed by atoms with Gasteiger partial charge in [0, 0.05) is 36.1 Å². The molecule has 106 valence electrons. The standard InChI is InChI=1S/C13H12F3N3O/c1-20-11-3-2-9(8-18-11)12-17-7-5-10(19-12)4-6-13(14,15)16/h2-3,5,7-8H,4,6H2,1H3. The Balaban J connectivity index is 2.16. The molecule has 0 unspecified atom stereocenters. The van der Waals surface area contributed by atoms with Gasteiger partial charge in [-0.1, -0.05) is 0 Å². The third kappa shape index (κ3) is 3.91. The van der Waals surface area contributed by atoms with Crippen LogP contribution in [-0.4, -0.2) is 28.2 Å². The van der Waals surface area contributed by atoms with Crippen molar-refractivity contribution in [2.75, 3.05) is 7.11 Å². The molecule has 0 aliphatic rings. The summed E-state index contributed by atoms with van der Waals surface area (Å²) in [5.74, 6) is 0.793. The Labute approximate surface area is 113 Å². The van der Waals surface area contributed by atoms with Crippen molar-refractivity contribution in [2.24, 2.45) is 0 Å². The van der Waals surface area contributed by atoms with Crippen molar-refractivity contribution in [2.45, 2.75) is 19.0 Å². The largest absolute Gasteiger partial charge is 0.481 e. The van der Waals surface area contributed by atoms with E-state index in [9.17, 15) is 13.2 Å². The summed E-state index contributed by atoms with van der Waals surface area (Å²) in [5, 5.41) is 0. The number of nitrogens with zero attached hydrogens (tertiary/aromatic N) is 3. The average Bonchev–Trinajstić information content (AvgIpc) is 2.45. The first kappa shape index (κ1) is 14.2. The van der Waals surface area contributed by atoms with E-state index in [1.165, 1.54) is 25.6 Å². The number of methoxy groups -OCH3 is 1. The second-order valence-corrected chi connectivity index (χ2v) is 4.08. The molecule has 2 aromatic heterocycles. The van der Waals surface area contributed by atoms with Crippen LogP contribution in [0.25, 0.3) is 11.4 Å². The minimum atomic E-state index is -4.19. The van der Waals surface area contributed by atoms with Crippen molar-refractivity contribution >= 4 is 0 Å². The highest BCUT2D eigenvalue weighted by Gasteiger charge is 2.26. The second kappa shape index (κ2) is 5.85. The molecule has 4 nitrogen and oxygen atoms in total. The van der Waals surface area contributed by atoms with Crippen LogP contribution in [0.1, 0.15) is 12.1 Å². The summed E-state index contributed by atoms with van der Waals surface area (Å²) in [6.45, 7) is 0. The third-order valence-electron chi connectivity index (χ3n) is 2.58. The van der Waals surface area contributed by atoms with Crippen LogP contribution < -0.4 is 4.74 Å².